The fraction of sp³-hybridized carbons (Fsp3) is 0.833. The SMILES string of the molecule is NCCC(COP)CC(=O)O. The summed E-state index contributed by atoms with van der Waals surface area (Å²) in [5.41, 5.74) is 5.28. The van der Waals surface area contributed by atoms with E-state index in [9.17, 15) is 4.79 Å². The first-order valence-corrected chi connectivity index (χ1v) is 3.91. The number of rotatable bonds is 6. The van der Waals surface area contributed by atoms with Gasteiger partial charge < -0.3 is 15.4 Å². The topological polar surface area (TPSA) is 72.5 Å². The Kier molecular flexibility index (Phi) is 6.42. The quantitative estimate of drug-likeness (QED) is 0.572. The average molecular weight is 179 g/mol. The molecule has 2 atom stereocenters. The van der Waals surface area contributed by atoms with E-state index in [1.807, 2.05) is 0 Å². The highest BCUT2D eigenvalue weighted by Gasteiger charge is 2.11. The van der Waals surface area contributed by atoms with Crippen LogP contribution in [0.2, 0.25) is 0 Å². The van der Waals surface area contributed by atoms with Crippen LogP contribution < -0.4 is 5.73 Å². The van der Waals surface area contributed by atoms with Crippen LogP contribution in [-0.2, 0) is 9.32 Å². The maximum Gasteiger partial charge on any atom is 0.303 e. The summed E-state index contributed by atoms with van der Waals surface area (Å²) in [6.45, 7) is 0.945. The van der Waals surface area contributed by atoms with E-state index in [0.717, 1.165) is 0 Å². The molecule has 3 N–H and O–H groups in total. The number of nitrogens with two attached hydrogens (primary N) is 1. The molecule has 0 aliphatic rings. The monoisotopic (exact) mass is 179 g/mol. The highest BCUT2D eigenvalue weighted by molar-refractivity contribution is 7.09. The lowest BCUT2D eigenvalue weighted by Crippen LogP contribution is -2.16. The standard InChI is InChI=1S/C6H14NO3P/c7-2-1-5(4-10-11)3-6(8)9/h5H,1-4,7,11H2,(H,8,9). The number of carboxylic acid groups (broad SMARTS) is 1. The van der Waals surface area contributed by atoms with Crippen LogP contribution in [-0.4, -0.2) is 24.2 Å². The van der Waals surface area contributed by atoms with Gasteiger partial charge >= 0.3 is 5.97 Å². The van der Waals surface area contributed by atoms with Gasteiger partial charge in [-0.05, 0) is 18.9 Å². The van der Waals surface area contributed by atoms with Crippen LogP contribution >= 0.6 is 9.47 Å². The normalized spacial score (nSPS) is 12.9. The van der Waals surface area contributed by atoms with E-state index in [4.69, 9.17) is 15.4 Å². The highest BCUT2D eigenvalue weighted by Crippen LogP contribution is 2.09. The van der Waals surface area contributed by atoms with Gasteiger partial charge in [-0.2, -0.15) is 0 Å². The van der Waals surface area contributed by atoms with Crippen LogP contribution in [0.1, 0.15) is 12.8 Å². The second kappa shape index (κ2) is 6.53. The van der Waals surface area contributed by atoms with Gasteiger partial charge in [0.15, 0.2) is 0 Å². The van der Waals surface area contributed by atoms with Gasteiger partial charge in [0.05, 0.1) is 13.0 Å². The lowest BCUT2D eigenvalue weighted by Gasteiger charge is -2.11. The number of hydrogen-bond acceptors (Lipinski definition) is 3. The van der Waals surface area contributed by atoms with Crippen molar-refractivity contribution in [3.8, 4) is 0 Å². The van der Waals surface area contributed by atoms with E-state index >= 15 is 0 Å². The first-order valence-electron chi connectivity index (χ1n) is 3.44. The summed E-state index contributed by atoms with van der Waals surface area (Å²) in [5.74, 6) is -0.763. The molecule has 0 fully saturated rings. The van der Waals surface area contributed by atoms with Crippen molar-refractivity contribution >= 4 is 15.4 Å². The molecule has 0 radical (unpaired) electrons. The molecule has 0 heterocycles. The Morgan fingerprint density at radius 1 is 1.73 bits per heavy atom. The predicted octanol–water partition coefficient (Wildman–Crippen LogP) is 0.233. The molecule has 0 aromatic rings. The van der Waals surface area contributed by atoms with Gasteiger partial charge in [0, 0.05) is 9.47 Å². The smallest absolute Gasteiger partial charge is 0.303 e. The van der Waals surface area contributed by atoms with Crippen molar-refractivity contribution in [3.63, 3.8) is 0 Å². The highest BCUT2D eigenvalue weighted by atomic mass is 31.0. The van der Waals surface area contributed by atoms with Gasteiger partial charge in [-0.3, -0.25) is 4.79 Å². The first-order chi connectivity index (χ1) is 5.20. The van der Waals surface area contributed by atoms with Gasteiger partial charge in [-0.25, -0.2) is 0 Å². The molecular weight excluding hydrogens is 165 g/mol. The summed E-state index contributed by atoms with van der Waals surface area (Å²) in [6, 6.07) is 0. The minimum absolute atomic E-state index is 0.0370. The van der Waals surface area contributed by atoms with Crippen LogP contribution in [0.25, 0.3) is 0 Å². The molecule has 0 aromatic carbocycles. The molecule has 66 valence electrons. The van der Waals surface area contributed by atoms with Crippen molar-refractivity contribution in [1.82, 2.24) is 0 Å². The fourth-order valence-corrected chi connectivity index (χ4v) is 1.14. The first kappa shape index (κ1) is 10.8. The van der Waals surface area contributed by atoms with Crippen molar-refractivity contribution in [2.75, 3.05) is 13.2 Å². The minimum atomic E-state index is -0.800. The molecule has 0 amide bonds. The second-order valence-electron chi connectivity index (χ2n) is 2.37. The molecule has 0 spiro atoms. The van der Waals surface area contributed by atoms with Gasteiger partial charge in [0.25, 0.3) is 0 Å². The number of carboxylic acids is 1. The third kappa shape index (κ3) is 6.23. The third-order valence-corrected chi connectivity index (χ3v) is 1.56. The number of aliphatic carboxylic acids is 1. The van der Waals surface area contributed by atoms with E-state index < -0.39 is 5.97 Å². The zero-order valence-electron chi connectivity index (χ0n) is 6.32. The molecule has 4 nitrogen and oxygen atoms in total. The molecule has 0 aliphatic carbocycles. The Labute approximate surface area is 68.4 Å². The van der Waals surface area contributed by atoms with Crippen LogP contribution in [0.3, 0.4) is 0 Å². The summed E-state index contributed by atoms with van der Waals surface area (Å²) < 4.78 is 4.76. The predicted molar refractivity (Wildman–Crippen MR) is 45.1 cm³/mol. The summed E-state index contributed by atoms with van der Waals surface area (Å²) in [7, 11) is 2.10. The van der Waals surface area contributed by atoms with E-state index in [-0.39, 0.29) is 12.3 Å². The molecular formula is C6H14NO3P. The van der Waals surface area contributed by atoms with Crippen LogP contribution in [0.4, 0.5) is 0 Å². The van der Waals surface area contributed by atoms with Gasteiger partial charge in [-0.1, -0.05) is 0 Å². The maximum absolute atomic E-state index is 10.3. The summed E-state index contributed by atoms with van der Waals surface area (Å²) in [5, 5.41) is 8.43. The Hall–Kier alpha value is -0.180. The second-order valence-corrected chi connectivity index (χ2v) is 2.71. The lowest BCUT2D eigenvalue weighted by molar-refractivity contribution is -0.138. The van der Waals surface area contributed by atoms with Crippen molar-refractivity contribution in [2.45, 2.75) is 12.8 Å². The van der Waals surface area contributed by atoms with Crippen molar-refractivity contribution in [1.29, 1.82) is 0 Å². The Bertz CT molecular complexity index is 114. The van der Waals surface area contributed by atoms with E-state index in [1.54, 1.807) is 0 Å². The lowest BCUT2D eigenvalue weighted by atomic mass is 10.0. The molecule has 0 bridgehead atoms. The number of hydrogen-bond donors (Lipinski definition) is 2. The van der Waals surface area contributed by atoms with Crippen molar-refractivity contribution in [3.05, 3.63) is 0 Å². The molecule has 11 heavy (non-hydrogen) atoms. The summed E-state index contributed by atoms with van der Waals surface area (Å²) >= 11 is 0. The molecule has 2 unspecified atom stereocenters. The Morgan fingerprint density at radius 2 is 2.36 bits per heavy atom. The zero-order valence-corrected chi connectivity index (χ0v) is 7.48. The van der Waals surface area contributed by atoms with Gasteiger partial charge in [0.2, 0.25) is 0 Å². The average Bonchev–Trinajstić information content (AvgIpc) is 1.87. The molecule has 0 aliphatic heterocycles. The van der Waals surface area contributed by atoms with Crippen molar-refractivity contribution in [2.24, 2.45) is 11.7 Å². The minimum Gasteiger partial charge on any atom is -0.481 e. The largest absolute Gasteiger partial charge is 0.481 e. The third-order valence-electron chi connectivity index (χ3n) is 1.37. The van der Waals surface area contributed by atoms with Crippen molar-refractivity contribution < 1.29 is 14.4 Å². The van der Waals surface area contributed by atoms with E-state index in [0.29, 0.717) is 19.6 Å². The molecule has 0 rings (SSSR count). The van der Waals surface area contributed by atoms with Crippen LogP contribution in [0.15, 0.2) is 0 Å². The van der Waals surface area contributed by atoms with E-state index in [1.165, 1.54) is 0 Å². The molecule has 0 aromatic heterocycles. The summed E-state index contributed by atoms with van der Waals surface area (Å²) in [6.07, 6.45) is 0.826. The molecule has 0 saturated carbocycles. The number of carbonyl (C=O) groups is 1. The molecule has 5 heteroatoms. The van der Waals surface area contributed by atoms with Crippen LogP contribution in [0.5, 0.6) is 0 Å². The van der Waals surface area contributed by atoms with Crippen LogP contribution in [0, 0.1) is 5.92 Å². The fourth-order valence-electron chi connectivity index (χ4n) is 0.863. The molecule has 0 saturated heterocycles. The zero-order chi connectivity index (χ0) is 8.69. The summed E-state index contributed by atoms with van der Waals surface area (Å²) in [4.78, 5) is 10.3. The van der Waals surface area contributed by atoms with Gasteiger partial charge in [-0.15, -0.1) is 0 Å². The van der Waals surface area contributed by atoms with Gasteiger partial charge in [0.1, 0.15) is 0 Å². The Morgan fingerprint density at radius 3 is 2.73 bits per heavy atom. The van der Waals surface area contributed by atoms with E-state index in [2.05, 4.69) is 9.47 Å². The Balaban J connectivity index is 3.59. The maximum atomic E-state index is 10.3.